The first-order chi connectivity index (χ1) is 17.8. The molecule has 3 rings (SSSR count). The van der Waals surface area contributed by atoms with Gasteiger partial charge in [-0.25, -0.2) is 4.98 Å². The molecule has 2 fully saturated rings. The summed E-state index contributed by atoms with van der Waals surface area (Å²) in [5.74, 6) is 0.652. The molecule has 2 saturated heterocycles. The number of carbonyl (C=O) groups is 1. The summed E-state index contributed by atoms with van der Waals surface area (Å²) in [4.78, 5) is 15.8. The van der Waals surface area contributed by atoms with Gasteiger partial charge in [0.25, 0.3) is 6.47 Å². The third-order valence-electron chi connectivity index (χ3n) is 5.66. The molecule has 2 aliphatic rings. The third kappa shape index (κ3) is 12.3. The zero-order valence-electron chi connectivity index (χ0n) is 21.7. The van der Waals surface area contributed by atoms with Crippen molar-refractivity contribution in [1.29, 1.82) is 0 Å². The van der Waals surface area contributed by atoms with Crippen molar-refractivity contribution in [2.45, 2.75) is 31.8 Å². The van der Waals surface area contributed by atoms with E-state index in [2.05, 4.69) is 26.0 Å². The lowest BCUT2D eigenvalue weighted by atomic mass is 10.2. The Hall–Kier alpha value is -2.02. The average molecular weight is 514 g/mol. The van der Waals surface area contributed by atoms with Crippen LogP contribution in [0.5, 0.6) is 5.88 Å². The number of piperazine rings is 1. The molecule has 36 heavy (non-hydrogen) atoms. The second-order valence-electron chi connectivity index (χ2n) is 8.13. The summed E-state index contributed by atoms with van der Waals surface area (Å²) >= 11 is 0. The molecule has 1 N–H and O–H groups in total. The van der Waals surface area contributed by atoms with Crippen LogP contribution in [0.1, 0.15) is 19.8 Å². The van der Waals surface area contributed by atoms with Gasteiger partial charge in [0.1, 0.15) is 6.61 Å². The summed E-state index contributed by atoms with van der Waals surface area (Å²) in [6.45, 7) is 10.7. The molecule has 206 valence electrons. The molecule has 0 aliphatic carbocycles. The Kier molecular flexibility index (Phi) is 16.9. The zero-order chi connectivity index (χ0) is 25.7. The molecule has 1 aromatic rings. The van der Waals surface area contributed by atoms with Crippen LogP contribution in [0.25, 0.3) is 0 Å². The fraction of sp³-hybridized carbons (Fsp3) is 0.760. The van der Waals surface area contributed by atoms with Gasteiger partial charge in [-0.3, -0.25) is 4.79 Å². The maximum absolute atomic E-state index is 8.95. The number of hydrogen-bond donors (Lipinski definition) is 1. The molecule has 11 nitrogen and oxygen atoms in total. The van der Waals surface area contributed by atoms with E-state index in [9.17, 15) is 0 Å². The predicted molar refractivity (Wildman–Crippen MR) is 135 cm³/mol. The predicted octanol–water partition coefficient (Wildman–Crippen LogP) is 1.29. The van der Waals surface area contributed by atoms with Crippen LogP contribution in [0.2, 0.25) is 0 Å². The Bertz CT molecular complexity index is 668. The molecular weight excluding hydrogens is 470 g/mol. The Morgan fingerprint density at radius 2 is 1.39 bits per heavy atom. The number of nitrogens with zero attached hydrogens (tertiary/aromatic N) is 2. The van der Waals surface area contributed by atoms with Crippen molar-refractivity contribution >= 4 is 12.2 Å². The molecule has 0 amide bonds. The van der Waals surface area contributed by atoms with Gasteiger partial charge in [0.15, 0.2) is 0 Å². The molecule has 0 radical (unpaired) electrons. The molecule has 2 aliphatic heterocycles. The monoisotopic (exact) mass is 513 g/mol. The zero-order valence-corrected chi connectivity index (χ0v) is 21.7. The molecular formula is C25H43N3O8. The average Bonchev–Trinajstić information content (AvgIpc) is 3.16. The van der Waals surface area contributed by atoms with E-state index in [-0.39, 0.29) is 0 Å². The maximum atomic E-state index is 8.95. The van der Waals surface area contributed by atoms with Crippen molar-refractivity contribution in [1.82, 2.24) is 10.3 Å². The van der Waals surface area contributed by atoms with E-state index in [0.717, 1.165) is 19.7 Å². The lowest BCUT2D eigenvalue weighted by molar-refractivity contribution is -0.126. The molecule has 2 unspecified atom stereocenters. The second-order valence-corrected chi connectivity index (χ2v) is 8.13. The Morgan fingerprint density at radius 1 is 0.889 bits per heavy atom. The quantitative estimate of drug-likeness (QED) is 0.213. The summed E-state index contributed by atoms with van der Waals surface area (Å²) in [6.07, 6.45) is 4.33. The maximum Gasteiger partial charge on any atom is 0.292 e. The lowest BCUT2D eigenvalue weighted by Crippen LogP contribution is -2.52. The van der Waals surface area contributed by atoms with Crippen molar-refractivity contribution in [3.63, 3.8) is 0 Å². The third-order valence-corrected chi connectivity index (χ3v) is 5.66. The SMILES string of the molecule is CCOCCOCCOCCOCCOCCOc1cc(N2C3CCC2CNC3)ccn1.COC=O. The first kappa shape index (κ1) is 30.2. The number of aromatic nitrogens is 1. The first-order valence-corrected chi connectivity index (χ1v) is 12.7. The van der Waals surface area contributed by atoms with Gasteiger partial charge >= 0.3 is 0 Å². The summed E-state index contributed by atoms with van der Waals surface area (Å²) in [5, 5.41) is 3.52. The van der Waals surface area contributed by atoms with Crippen molar-refractivity contribution in [3.8, 4) is 5.88 Å². The van der Waals surface area contributed by atoms with E-state index in [4.69, 9.17) is 33.2 Å². The number of hydrogen-bond acceptors (Lipinski definition) is 11. The standard InChI is InChI=1S/C23H39N3O6.C2H4O2/c1-2-27-7-8-28-9-10-29-11-12-30-13-14-31-15-16-32-23-17-20(5-6-25-23)26-21-3-4-22(26)19-24-18-21;1-4-2-3/h5-6,17,21-22,24H,2-4,7-16,18-19H2,1H3;2H,1H3. The van der Waals surface area contributed by atoms with Gasteiger partial charge < -0.3 is 43.4 Å². The number of nitrogens with one attached hydrogen (secondary N) is 1. The molecule has 1 aromatic heterocycles. The number of anilines is 1. The van der Waals surface area contributed by atoms with Gasteiger partial charge in [0.05, 0.1) is 66.6 Å². The topological polar surface area (TPSA) is 110 Å². The summed E-state index contributed by atoms with van der Waals surface area (Å²) < 4.78 is 36.7. The number of methoxy groups -OCH3 is 1. The van der Waals surface area contributed by atoms with Crippen LogP contribution in [0.4, 0.5) is 5.69 Å². The van der Waals surface area contributed by atoms with Crippen LogP contribution in [0.15, 0.2) is 18.3 Å². The highest BCUT2D eigenvalue weighted by molar-refractivity contribution is 5.52. The van der Waals surface area contributed by atoms with Gasteiger partial charge in [-0.1, -0.05) is 0 Å². The minimum Gasteiger partial charge on any atom is -0.475 e. The number of ether oxygens (including phenoxy) is 7. The molecule has 2 bridgehead atoms. The van der Waals surface area contributed by atoms with Gasteiger partial charge in [0.2, 0.25) is 5.88 Å². The largest absolute Gasteiger partial charge is 0.475 e. The van der Waals surface area contributed by atoms with E-state index >= 15 is 0 Å². The van der Waals surface area contributed by atoms with Gasteiger partial charge in [-0.15, -0.1) is 0 Å². The van der Waals surface area contributed by atoms with Crippen LogP contribution in [-0.4, -0.2) is 116 Å². The Morgan fingerprint density at radius 3 is 1.89 bits per heavy atom. The first-order valence-electron chi connectivity index (χ1n) is 12.7. The van der Waals surface area contributed by atoms with Crippen molar-refractivity contribution in [3.05, 3.63) is 18.3 Å². The number of carbonyl (C=O) groups excluding carboxylic acids is 1. The summed E-state index contributed by atoms with van der Waals surface area (Å²) in [5.41, 5.74) is 1.21. The van der Waals surface area contributed by atoms with Crippen molar-refractivity contribution in [2.75, 3.05) is 97.8 Å². The van der Waals surface area contributed by atoms with E-state index < -0.39 is 0 Å². The van der Waals surface area contributed by atoms with E-state index in [1.165, 1.54) is 25.6 Å². The highest BCUT2D eigenvalue weighted by Gasteiger charge is 2.36. The minimum atomic E-state index is 0.375. The second kappa shape index (κ2) is 20.1. The summed E-state index contributed by atoms with van der Waals surface area (Å²) in [6, 6.07) is 5.29. The van der Waals surface area contributed by atoms with Crippen LogP contribution in [-0.2, 0) is 33.2 Å². The normalized spacial score (nSPS) is 18.4. The van der Waals surface area contributed by atoms with Gasteiger partial charge in [-0.05, 0) is 25.8 Å². The van der Waals surface area contributed by atoms with Gasteiger partial charge in [-0.2, -0.15) is 0 Å². The van der Waals surface area contributed by atoms with Crippen LogP contribution in [0.3, 0.4) is 0 Å². The molecule has 2 atom stereocenters. The number of pyridine rings is 1. The highest BCUT2D eigenvalue weighted by atomic mass is 16.6. The molecule has 0 aromatic carbocycles. The Balaban J connectivity index is 0.00000106. The molecule has 3 heterocycles. The fourth-order valence-corrected chi connectivity index (χ4v) is 4.07. The van der Waals surface area contributed by atoms with Crippen LogP contribution >= 0.6 is 0 Å². The fourth-order valence-electron chi connectivity index (χ4n) is 4.07. The van der Waals surface area contributed by atoms with Crippen molar-refractivity contribution < 1.29 is 38.0 Å². The van der Waals surface area contributed by atoms with E-state index in [1.807, 2.05) is 19.2 Å². The molecule has 11 heteroatoms. The number of fused-ring (bicyclic) bond motifs is 2. The minimum absolute atomic E-state index is 0.375. The molecule has 0 spiro atoms. The smallest absolute Gasteiger partial charge is 0.292 e. The van der Waals surface area contributed by atoms with E-state index in [1.54, 1.807) is 0 Å². The van der Waals surface area contributed by atoms with E-state index in [0.29, 0.717) is 90.5 Å². The van der Waals surface area contributed by atoms with Crippen LogP contribution < -0.4 is 15.0 Å². The summed E-state index contributed by atoms with van der Waals surface area (Å²) in [7, 11) is 1.31. The van der Waals surface area contributed by atoms with Crippen LogP contribution in [0, 0.1) is 0 Å². The van der Waals surface area contributed by atoms with Gasteiger partial charge in [0, 0.05) is 49.7 Å². The Labute approximate surface area is 214 Å². The lowest BCUT2D eigenvalue weighted by Gasteiger charge is -2.37. The highest BCUT2D eigenvalue weighted by Crippen LogP contribution is 2.33. The van der Waals surface area contributed by atoms with Crippen molar-refractivity contribution in [2.24, 2.45) is 0 Å². The molecule has 0 saturated carbocycles. The number of rotatable bonds is 19.